The van der Waals surface area contributed by atoms with Crippen LogP contribution >= 0.6 is 0 Å². The standard InChI is InChI=1S/C15H29NO4/c1-4-9-18-13-8-6-7-12(16)15(17)20-11(3)14(13)19-10-5-2/h11-14H,4-10,16H2,1-3H3/t11-,12-,13-,14-/m0/s1. The van der Waals surface area contributed by atoms with Crippen LogP contribution in [0.25, 0.3) is 0 Å². The number of hydrogen-bond acceptors (Lipinski definition) is 5. The van der Waals surface area contributed by atoms with Gasteiger partial charge in [-0.15, -0.1) is 0 Å². The number of ether oxygens (including phenoxy) is 3. The minimum atomic E-state index is -0.533. The summed E-state index contributed by atoms with van der Waals surface area (Å²) < 4.78 is 17.2. The summed E-state index contributed by atoms with van der Waals surface area (Å²) >= 11 is 0. The van der Waals surface area contributed by atoms with E-state index < -0.39 is 6.04 Å². The molecule has 0 amide bonds. The maximum Gasteiger partial charge on any atom is 0.323 e. The second-order valence-electron chi connectivity index (χ2n) is 5.42. The van der Waals surface area contributed by atoms with Crippen molar-refractivity contribution in [3.8, 4) is 0 Å². The largest absolute Gasteiger partial charge is 0.459 e. The highest BCUT2D eigenvalue weighted by Crippen LogP contribution is 2.21. The minimum absolute atomic E-state index is 0.0328. The molecule has 0 radical (unpaired) electrons. The lowest BCUT2D eigenvalue weighted by atomic mass is 10.0. The normalized spacial score (nSPS) is 32.1. The summed E-state index contributed by atoms with van der Waals surface area (Å²) in [7, 11) is 0. The van der Waals surface area contributed by atoms with E-state index in [1.165, 1.54) is 0 Å². The summed E-state index contributed by atoms with van der Waals surface area (Å²) in [5.74, 6) is -0.335. The number of carbonyl (C=O) groups is 1. The van der Waals surface area contributed by atoms with Crippen molar-refractivity contribution in [3.63, 3.8) is 0 Å². The third-order valence-corrected chi connectivity index (χ3v) is 3.49. The first-order valence-corrected chi connectivity index (χ1v) is 7.79. The number of carbonyl (C=O) groups excluding carboxylic acids is 1. The quantitative estimate of drug-likeness (QED) is 0.757. The summed E-state index contributed by atoms with van der Waals surface area (Å²) in [5.41, 5.74) is 5.81. The number of esters is 1. The summed E-state index contributed by atoms with van der Waals surface area (Å²) in [6, 6.07) is -0.533. The van der Waals surface area contributed by atoms with Crippen LogP contribution in [-0.2, 0) is 19.0 Å². The smallest absolute Gasteiger partial charge is 0.323 e. The predicted molar refractivity (Wildman–Crippen MR) is 77.4 cm³/mol. The number of cyclic esters (lactones) is 1. The zero-order chi connectivity index (χ0) is 15.0. The SMILES string of the molecule is CCCO[C@H]1[C@H](C)OC(=O)[C@@H](N)CCC[C@@H]1OCCC. The van der Waals surface area contributed by atoms with Gasteiger partial charge in [0.05, 0.1) is 6.10 Å². The van der Waals surface area contributed by atoms with Gasteiger partial charge in [0.2, 0.25) is 0 Å². The molecule has 1 heterocycles. The molecule has 5 heteroatoms. The van der Waals surface area contributed by atoms with Gasteiger partial charge in [-0.3, -0.25) is 4.79 Å². The molecule has 1 saturated heterocycles. The predicted octanol–water partition coefficient (Wildman–Crippen LogP) is 2.02. The van der Waals surface area contributed by atoms with E-state index in [1.807, 2.05) is 6.92 Å². The van der Waals surface area contributed by atoms with Gasteiger partial charge in [-0.1, -0.05) is 13.8 Å². The fourth-order valence-corrected chi connectivity index (χ4v) is 2.41. The fourth-order valence-electron chi connectivity index (χ4n) is 2.41. The van der Waals surface area contributed by atoms with Gasteiger partial charge in [-0.05, 0) is 39.0 Å². The summed E-state index contributed by atoms with van der Waals surface area (Å²) in [4.78, 5) is 11.8. The molecule has 0 spiro atoms. The molecule has 1 aliphatic heterocycles. The second-order valence-corrected chi connectivity index (χ2v) is 5.42. The molecule has 5 nitrogen and oxygen atoms in total. The first-order chi connectivity index (χ1) is 9.60. The number of hydrogen-bond donors (Lipinski definition) is 1. The topological polar surface area (TPSA) is 70.8 Å². The average molecular weight is 287 g/mol. The Hall–Kier alpha value is -0.650. The van der Waals surface area contributed by atoms with Crippen LogP contribution in [0.15, 0.2) is 0 Å². The molecule has 0 aromatic carbocycles. The van der Waals surface area contributed by atoms with E-state index in [-0.39, 0.29) is 24.3 Å². The maximum atomic E-state index is 11.8. The van der Waals surface area contributed by atoms with Crippen molar-refractivity contribution in [2.45, 2.75) is 77.2 Å². The summed E-state index contributed by atoms with van der Waals surface area (Å²) in [5, 5.41) is 0. The second kappa shape index (κ2) is 9.32. The van der Waals surface area contributed by atoms with Crippen LogP contribution in [0.4, 0.5) is 0 Å². The van der Waals surface area contributed by atoms with E-state index in [4.69, 9.17) is 19.9 Å². The van der Waals surface area contributed by atoms with E-state index in [0.29, 0.717) is 19.6 Å². The molecule has 0 saturated carbocycles. The molecular formula is C15H29NO4. The van der Waals surface area contributed by atoms with Crippen molar-refractivity contribution in [2.24, 2.45) is 5.73 Å². The molecule has 0 unspecified atom stereocenters. The van der Waals surface area contributed by atoms with Gasteiger partial charge in [0.25, 0.3) is 0 Å². The monoisotopic (exact) mass is 287 g/mol. The first-order valence-electron chi connectivity index (χ1n) is 7.79. The molecule has 1 aliphatic rings. The molecule has 1 rings (SSSR count). The fraction of sp³-hybridized carbons (Fsp3) is 0.933. The molecule has 0 bridgehead atoms. The Morgan fingerprint density at radius 3 is 2.50 bits per heavy atom. The van der Waals surface area contributed by atoms with Crippen LogP contribution < -0.4 is 5.73 Å². The van der Waals surface area contributed by atoms with Crippen LogP contribution in [0.2, 0.25) is 0 Å². The lowest BCUT2D eigenvalue weighted by molar-refractivity contribution is -0.167. The third-order valence-electron chi connectivity index (χ3n) is 3.49. The van der Waals surface area contributed by atoms with Gasteiger partial charge < -0.3 is 19.9 Å². The van der Waals surface area contributed by atoms with E-state index in [9.17, 15) is 4.79 Å². The summed E-state index contributed by atoms with van der Waals surface area (Å²) in [6.07, 6.45) is 3.65. The Kier molecular flexibility index (Phi) is 8.11. The Morgan fingerprint density at radius 1 is 1.20 bits per heavy atom. The van der Waals surface area contributed by atoms with Crippen molar-refractivity contribution in [1.82, 2.24) is 0 Å². The van der Waals surface area contributed by atoms with Crippen LogP contribution in [0.1, 0.15) is 52.9 Å². The molecule has 118 valence electrons. The van der Waals surface area contributed by atoms with E-state index in [2.05, 4.69) is 13.8 Å². The minimum Gasteiger partial charge on any atom is -0.459 e. The van der Waals surface area contributed by atoms with Crippen LogP contribution in [0, 0.1) is 0 Å². The van der Waals surface area contributed by atoms with Gasteiger partial charge in [0.1, 0.15) is 18.2 Å². The molecule has 2 N–H and O–H groups in total. The van der Waals surface area contributed by atoms with Gasteiger partial charge >= 0.3 is 5.97 Å². The Labute approximate surface area is 122 Å². The molecular weight excluding hydrogens is 258 g/mol. The Balaban J connectivity index is 2.76. The van der Waals surface area contributed by atoms with E-state index in [0.717, 1.165) is 25.7 Å². The van der Waals surface area contributed by atoms with E-state index >= 15 is 0 Å². The van der Waals surface area contributed by atoms with Crippen LogP contribution in [-0.4, -0.2) is 43.5 Å². The zero-order valence-electron chi connectivity index (χ0n) is 13.0. The zero-order valence-corrected chi connectivity index (χ0v) is 13.0. The lowest BCUT2D eigenvalue weighted by Gasteiger charge is -2.31. The van der Waals surface area contributed by atoms with Crippen molar-refractivity contribution < 1.29 is 19.0 Å². The molecule has 20 heavy (non-hydrogen) atoms. The van der Waals surface area contributed by atoms with E-state index in [1.54, 1.807) is 0 Å². The van der Waals surface area contributed by atoms with Crippen molar-refractivity contribution in [1.29, 1.82) is 0 Å². The third kappa shape index (κ3) is 5.38. The van der Waals surface area contributed by atoms with Crippen molar-refractivity contribution in [2.75, 3.05) is 13.2 Å². The molecule has 0 aromatic rings. The highest BCUT2D eigenvalue weighted by Gasteiger charge is 2.33. The van der Waals surface area contributed by atoms with Crippen molar-refractivity contribution in [3.05, 3.63) is 0 Å². The maximum absolute atomic E-state index is 11.8. The van der Waals surface area contributed by atoms with Crippen LogP contribution in [0.5, 0.6) is 0 Å². The van der Waals surface area contributed by atoms with Gasteiger partial charge in [-0.25, -0.2) is 0 Å². The summed E-state index contributed by atoms with van der Waals surface area (Å²) in [6.45, 7) is 7.34. The lowest BCUT2D eigenvalue weighted by Crippen LogP contribution is -2.43. The molecule has 4 atom stereocenters. The number of nitrogens with two attached hydrogens (primary N) is 1. The molecule has 1 fully saturated rings. The van der Waals surface area contributed by atoms with Gasteiger partial charge in [0, 0.05) is 13.2 Å². The Morgan fingerprint density at radius 2 is 1.85 bits per heavy atom. The molecule has 0 aliphatic carbocycles. The first kappa shape index (κ1) is 17.4. The van der Waals surface area contributed by atoms with Gasteiger partial charge in [0.15, 0.2) is 0 Å². The van der Waals surface area contributed by atoms with Crippen LogP contribution in [0.3, 0.4) is 0 Å². The molecule has 0 aromatic heterocycles. The van der Waals surface area contributed by atoms with Crippen molar-refractivity contribution >= 4 is 5.97 Å². The highest BCUT2D eigenvalue weighted by molar-refractivity contribution is 5.75. The number of rotatable bonds is 6. The van der Waals surface area contributed by atoms with Gasteiger partial charge in [-0.2, -0.15) is 0 Å². The highest BCUT2D eigenvalue weighted by atomic mass is 16.6. The average Bonchev–Trinajstić information content (AvgIpc) is 2.47. The Bertz CT molecular complexity index is 285.